The standard InChI is InChI=1S/C15H18N2O4/c1-19-10-6-8-17(9-7-10)15-16-13-11(14(18)20-2)4-3-5-12(13)21-15/h3-5,10H,6-9H2,1-2H3. The summed E-state index contributed by atoms with van der Waals surface area (Å²) in [5, 5.41) is 0. The number of esters is 1. The summed E-state index contributed by atoms with van der Waals surface area (Å²) < 4.78 is 15.9. The van der Waals surface area contributed by atoms with E-state index in [4.69, 9.17) is 13.9 Å². The number of anilines is 1. The minimum atomic E-state index is -0.404. The molecule has 0 aliphatic carbocycles. The lowest BCUT2D eigenvalue weighted by molar-refractivity contribution is 0.0602. The maximum atomic E-state index is 11.8. The number of benzene rings is 1. The number of hydrogen-bond acceptors (Lipinski definition) is 6. The van der Waals surface area contributed by atoms with Gasteiger partial charge in [0.05, 0.1) is 18.8 Å². The lowest BCUT2D eigenvalue weighted by Crippen LogP contribution is -2.36. The first-order valence-corrected chi connectivity index (χ1v) is 6.98. The van der Waals surface area contributed by atoms with E-state index in [1.54, 1.807) is 25.3 Å². The Morgan fingerprint density at radius 2 is 2.10 bits per heavy atom. The molecular weight excluding hydrogens is 272 g/mol. The zero-order valence-electron chi connectivity index (χ0n) is 12.2. The fraction of sp³-hybridized carbons (Fsp3) is 0.467. The third kappa shape index (κ3) is 2.58. The number of para-hydroxylation sites is 1. The van der Waals surface area contributed by atoms with E-state index in [1.165, 1.54) is 7.11 Å². The Kier molecular flexibility index (Phi) is 3.79. The summed E-state index contributed by atoms with van der Waals surface area (Å²) in [6.45, 7) is 1.66. The van der Waals surface area contributed by atoms with Crippen LogP contribution in [0.3, 0.4) is 0 Å². The van der Waals surface area contributed by atoms with Crippen LogP contribution in [-0.2, 0) is 9.47 Å². The van der Waals surface area contributed by atoms with Crippen molar-refractivity contribution in [3.8, 4) is 0 Å². The van der Waals surface area contributed by atoms with Crippen molar-refractivity contribution in [3.05, 3.63) is 23.8 Å². The highest BCUT2D eigenvalue weighted by Gasteiger charge is 2.23. The van der Waals surface area contributed by atoms with Gasteiger partial charge in [0, 0.05) is 20.2 Å². The lowest BCUT2D eigenvalue weighted by atomic mass is 10.1. The van der Waals surface area contributed by atoms with E-state index in [9.17, 15) is 4.79 Å². The largest absolute Gasteiger partial charge is 0.465 e. The number of rotatable bonds is 3. The summed E-state index contributed by atoms with van der Waals surface area (Å²) in [7, 11) is 3.10. The smallest absolute Gasteiger partial charge is 0.340 e. The van der Waals surface area contributed by atoms with E-state index in [1.807, 2.05) is 0 Å². The topological polar surface area (TPSA) is 64.8 Å². The number of carbonyl (C=O) groups excluding carboxylic acids is 1. The van der Waals surface area contributed by atoms with Crippen LogP contribution >= 0.6 is 0 Å². The molecule has 1 saturated heterocycles. The Bertz CT molecular complexity index is 644. The molecule has 1 aromatic heterocycles. The number of piperidine rings is 1. The van der Waals surface area contributed by atoms with E-state index in [2.05, 4.69) is 9.88 Å². The predicted octanol–water partition coefficient (Wildman–Crippen LogP) is 2.23. The molecule has 6 heteroatoms. The van der Waals surface area contributed by atoms with E-state index in [-0.39, 0.29) is 0 Å². The summed E-state index contributed by atoms with van der Waals surface area (Å²) in [6.07, 6.45) is 2.19. The van der Waals surface area contributed by atoms with E-state index in [0.717, 1.165) is 25.9 Å². The zero-order valence-corrected chi connectivity index (χ0v) is 12.2. The molecule has 0 spiro atoms. The van der Waals surface area contributed by atoms with Crippen LogP contribution in [0.15, 0.2) is 22.6 Å². The van der Waals surface area contributed by atoms with Gasteiger partial charge in [0.2, 0.25) is 0 Å². The molecule has 0 radical (unpaired) electrons. The van der Waals surface area contributed by atoms with Crippen LogP contribution in [-0.4, -0.2) is 44.4 Å². The van der Waals surface area contributed by atoms with Crippen molar-refractivity contribution in [2.24, 2.45) is 0 Å². The molecule has 1 aliphatic rings. The fourth-order valence-corrected chi connectivity index (χ4v) is 2.63. The van der Waals surface area contributed by atoms with Gasteiger partial charge in [0.1, 0.15) is 5.52 Å². The Hall–Kier alpha value is -2.08. The minimum Gasteiger partial charge on any atom is -0.465 e. The Balaban J connectivity index is 1.89. The van der Waals surface area contributed by atoms with E-state index < -0.39 is 5.97 Å². The van der Waals surface area contributed by atoms with Crippen molar-refractivity contribution in [2.45, 2.75) is 18.9 Å². The van der Waals surface area contributed by atoms with E-state index in [0.29, 0.717) is 28.8 Å². The number of hydrogen-bond donors (Lipinski definition) is 0. The lowest BCUT2D eigenvalue weighted by Gasteiger charge is -2.29. The molecule has 0 atom stereocenters. The summed E-state index contributed by atoms with van der Waals surface area (Å²) in [4.78, 5) is 18.3. The highest BCUT2D eigenvalue weighted by molar-refractivity contribution is 6.01. The van der Waals surface area contributed by atoms with Crippen molar-refractivity contribution >= 4 is 23.1 Å². The molecule has 1 aliphatic heterocycles. The van der Waals surface area contributed by atoms with Crippen molar-refractivity contribution in [3.63, 3.8) is 0 Å². The molecule has 0 N–H and O–H groups in total. The summed E-state index contributed by atoms with van der Waals surface area (Å²) in [5.74, 6) is -0.404. The summed E-state index contributed by atoms with van der Waals surface area (Å²) in [5.41, 5.74) is 1.58. The first kappa shape index (κ1) is 13.9. The number of methoxy groups -OCH3 is 2. The van der Waals surface area contributed by atoms with Gasteiger partial charge in [0.15, 0.2) is 5.58 Å². The van der Waals surface area contributed by atoms with Gasteiger partial charge in [-0.1, -0.05) is 6.07 Å². The number of oxazole rings is 1. The Morgan fingerprint density at radius 3 is 2.76 bits per heavy atom. The minimum absolute atomic E-state index is 0.302. The molecular formula is C15H18N2O4. The highest BCUT2D eigenvalue weighted by atomic mass is 16.5. The number of nitrogens with zero attached hydrogens (tertiary/aromatic N) is 2. The zero-order chi connectivity index (χ0) is 14.8. The molecule has 3 rings (SSSR count). The molecule has 2 aromatic rings. The van der Waals surface area contributed by atoms with Crippen LogP contribution in [0.4, 0.5) is 6.01 Å². The van der Waals surface area contributed by atoms with Crippen LogP contribution < -0.4 is 4.90 Å². The van der Waals surface area contributed by atoms with Gasteiger partial charge in [-0.05, 0) is 25.0 Å². The second kappa shape index (κ2) is 5.73. The van der Waals surface area contributed by atoms with Crippen molar-refractivity contribution in [2.75, 3.05) is 32.2 Å². The maximum Gasteiger partial charge on any atom is 0.340 e. The second-order valence-electron chi connectivity index (χ2n) is 5.06. The van der Waals surface area contributed by atoms with Gasteiger partial charge in [-0.3, -0.25) is 0 Å². The molecule has 1 fully saturated rings. The van der Waals surface area contributed by atoms with Gasteiger partial charge in [-0.25, -0.2) is 4.79 Å². The number of aromatic nitrogens is 1. The first-order valence-electron chi connectivity index (χ1n) is 6.98. The summed E-state index contributed by atoms with van der Waals surface area (Å²) >= 11 is 0. The monoisotopic (exact) mass is 290 g/mol. The third-order valence-corrected chi connectivity index (χ3v) is 3.86. The maximum absolute atomic E-state index is 11.8. The number of ether oxygens (including phenoxy) is 2. The average molecular weight is 290 g/mol. The number of fused-ring (bicyclic) bond motifs is 1. The third-order valence-electron chi connectivity index (χ3n) is 3.86. The molecule has 0 amide bonds. The molecule has 1 aromatic carbocycles. The van der Waals surface area contributed by atoms with Crippen molar-refractivity contribution < 1.29 is 18.7 Å². The molecule has 21 heavy (non-hydrogen) atoms. The molecule has 0 saturated carbocycles. The Labute approximate surface area is 122 Å². The van der Waals surface area contributed by atoms with E-state index >= 15 is 0 Å². The summed E-state index contributed by atoms with van der Waals surface area (Å²) in [6, 6.07) is 5.81. The molecule has 0 bridgehead atoms. The molecule has 112 valence electrons. The Morgan fingerprint density at radius 1 is 1.33 bits per heavy atom. The van der Waals surface area contributed by atoms with Crippen molar-refractivity contribution in [1.29, 1.82) is 0 Å². The van der Waals surface area contributed by atoms with Crippen molar-refractivity contribution in [1.82, 2.24) is 4.98 Å². The SMILES string of the molecule is COC(=O)c1cccc2oc(N3CCC(OC)CC3)nc12. The van der Waals surface area contributed by atoms with Crippen LogP contribution in [0.5, 0.6) is 0 Å². The average Bonchev–Trinajstić information content (AvgIpc) is 2.98. The van der Waals surface area contributed by atoms with Gasteiger partial charge in [-0.2, -0.15) is 4.98 Å². The van der Waals surface area contributed by atoms with Gasteiger partial charge in [-0.15, -0.1) is 0 Å². The second-order valence-corrected chi connectivity index (χ2v) is 5.06. The quantitative estimate of drug-likeness (QED) is 0.808. The highest BCUT2D eigenvalue weighted by Crippen LogP contribution is 2.27. The van der Waals surface area contributed by atoms with Crippen LogP contribution in [0.25, 0.3) is 11.1 Å². The van der Waals surface area contributed by atoms with Gasteiger partial charge in [0.25, 0.3) is 6.01 Å². The molecule has 6 nitrogen and oxygen atoms in total. The first-order chi connectivity index (χ1) is 10.2. The van der Waals surface area contributed by atoms with Gasteiger partial charge >= 0.3 is 5.97 Å². The molecule has 2 heterocycles. The van der Waals surface area contributed by atoms with Gasteiger partial charge < -0.3 is 18.8 Å². The predicted molar refractivity (Wildman–Crippen MR) is 77.6 cm³/mol. The number of carbonyl (C=O) groups is 1. The fourth-order valence-electron chi connectivity index (χ4n) is 2.63. The molecule has 0 unspecified atom stereocenters. The van der Waals surface area contributed by atoms with Crippen LogP contribution in [0.2, 0.25) is 0 Å². The normalized spacial score (nSPS) is 16.4. The van der Waals surface area contributed by atoms with Crippen LogP contribution in [0, 0.1) is 0 Å². The van der Waals surface area contributed by atoms with Crippen LogP contribution in [0.1, 0.15) is 23.2 Å².